The number of hydrogen-bond acceptors (Lipinski definition) is 5. The molecule has 0 aliphatic heterocycles. The van der Waals surface area contributed by atoms with E-state index in [1.807, 2.05) is 0 Å². The van der Waals surface area contributed by atoms with Crippen LogP contribution in [0.15, 0.2) is 60.7 Å². The molecular formula is C17H17O7P. The van der Waals surface area contributed by atoms with Crippen LogP contribution in [0.25, 0.3) is 0 Å². The van der Waals surface area contributed by atoms with Crippen LogP contribution in [-0.4, -0.2) is 28.3 Å². The van der Waals surface area contributed by atoms with Crippen LogP contribution in [0.4, 0.5) is 0 Å². The number of carbonyl (C=O) groups is 2. The second-order valence-corrected chi connectivity index (χ2v) is 7.19. The SMILES string of the molecule is O=C(O)CC(CP(=O)(Oc1ccccc1)Oc1ccccc1)C(=O)O. The number of benzene rings is 2. The van der Waals surface area contributed by atoms with E-state index in [-0.39, 0.29) is 11.5 Å². The van der Waals surface area contributed by atoms with Crippen LogP contribution in [0.3, 0.4) is 0 Å². The van der Waals surface area contributed by atoms with E-state index < -0.39 is 38.0 Å². The first-order chi connectivity index (χ1) is 11.9. The monoisotopic (exact) mass is 364 g/mol. The number of rotatable bonds is 9. The van der Waals surface area contributed by atoms with Gasteiger partial charge < -0.3 is 19.3 Å². The van der Waals surface area contributed by atoms with Crippen LogP contribution in [0, 0.1) is 5.92 Å². The van der Waals surface area contributed by atoms with Crippen LogP contribution in [0.2, 0.25) is 0 Å². The number of hydrogen-bond donors (Lipinski definition) is 2. The molecule has 0 aliphatic rings. The number of para-hydroxylation sites is 2. The minimum Gasteiger partial charge on any atom is -0.481 e. The highest BCUT2D eigenvalue weighted by molar-refractivity contribution is 7.54. The normalized spacial score (nSPS) is 12.2. The number of aliphatic carboxylic acids is 2. The minimum absolute atomic E-state index is 0.237. The fourth-order valence-corrected chi connectivity index (χ4v) is 3.99. The summed E-state index contributed by atoms with van der Waals surface area (Å²) in [6, 6.07) is 16.3. The summed E-state index contributed by atoms with van der Waals surface area (Å²) in [4.78, 5) is 22.2. The summed E-state index contributed by atoms with van der Waals surface area (Å²) in [6.45, 7) is 0. The Balaban J connectivity index is 2.28. The molecule has 2 aromatic carbocycles. The molecule has 7 nitrogen and oxygen atoms in total. The lowest BCUT2D eigenvalue weighted by Gasteiger charge is -2.22. The molecule has 0 heterocycles. The molecular weight excluding hydrogens is 347 g/mol. The lowest BCUT2D eigenvalue weighted by Crippen LogP contribution is -2.24. The molecule has 0 aromatic heterocycles. The first-order valence-electron chi connectivity index (χ1n) is 7.41. The summed E-state index contributed by atoms with van der Waals surface area (Å²) in [5.74, 6) is -3.62. The van der Waals surface area contributed by atoms with E-state index in [9.17, 15) is 19.3 Å². The summed E-state index contributed by atoms with van der Waals surface area (Å²) >= 11 is 0. The van der Waals surface area contributed by atoms with Gasteiger partial charge in [0.05, 0.1) is 18.5 Å². The van der Waals surface area contributed by atoms with Crippen molar-refractivity contribution in [3.8, 4) is 11.5 Å². The Morgan fingerprint density at radius 1 is 0.880 bits per heavy atom. The quantitative estimate of drug-likeness (QED) is 0.655. The molecule has 2 aromatic rings. The van der Waals surface area contributed by atoms with E-state index in [0.29, 0.717) is 0 Å². The molecule has 8 heteroatoms. The van der Waals surface area contributed by atoms with Crippen LogP contribution >= 0.6 is 7.60 Å². The molecule has 0 amide bonds. The zero-order valence-electron chi connectivity index (χ0n) is 13.1. The molecule has 1 unspecified atom stereocenters. The van der Waals surface area contributed by atoms with Crippen molar-refractivity contribution in [2.75, 3.05) is 6.16 Å². The molecule has 2 rings (SSSR count). The maximum Gasteiger partial charge on any atom is 0.431 e. The highest BCUT2D eigenvalue weighted by Gasteiger charge is 2.36. The maximum atomic E-state index is 13.1. The average molecular weight is 364 g/mol. The second-order valence-electron chi connectivity index (χ2n) is 5.24. The summed E-state index contributed by atoms with van der Waals surface area (Å²) in [5.41, 5.74) is 0. The van der Waals surface area contributed by atoms with Gasteiger partial charge in [0.2, 0.25) is 0 Å². The van der Waals surface area contributed by atoms with Gasteiger partial charge in [0.15, 0.2) is 0 Å². The van der Waals surface area contributed by atoms with Crippen molar-refractivity contribution >= 4 is 19.5 Å². The predicted molar refractivity (Wildman–Crippen MR) is 90.0 cm³/mol. The Kier molecular flexibility index (Phi) is 6.19. The van der Waals surface area contributed by atoms with Crippen molar-refractivity contribution < 1.29 is 33.4 Å². The molecule has 0 radical (unpaired) electrons. The van der Waals surface area contributed by atoms with Crippen molar-refractivity contribution in [3.05, 3.63) is 60.7 Å². The van der Waals surface area contributed by atoms with Gasteiger partial charge in [0, 0.05) is 0 Å². The van der Waals surface area contributed by atoms with Crippen LogP contribution in [0.5, 0.6) is 11.5 Å². The third kappa shape index (κ3) is 5.97. The van der Waals surface area contributed by atoms with Gasteiger partial charge in [-0.1, -0.05) is 36.4 Å². The van der Waals surface area contributed by atoms with Gasteiger partial charge in [-0.05, 0) is 24.3 Å². The molecule has 0 aliphatic carbocycles. The molecule has 0 saturated carbocycles. The fraction of sp³-hybridized carbons (Fsp3) is 0.176. The topological polar surface area (TPSA) is 110 Å². The Morgan fingerprint density at radius 3 is 1.68 bits per heavy atom. The smallest absolute Gasteiger partial charge is 0.431 e. The van der Waals surface area contributed by atoms with E-state index >= 15 is 0 Å². The Bertz CT molecular complexity index is 716. The average Bonchev–Trinajstić information content (AvgIpc) is 2.55. The molecule has 25 heavy (non-hydrogen) atoms. The largest absolute Gasteiger partial charge is 0.481 e. The minimum atomic E-state index is -3.97. The molecule has 0 fully saturated rings. The van der Waals surface area contributed by atoms with E-state index in [4.69, 9.17) is 14.2 Å². The third-order valence-electron chi connectivity index (χ3n) is 3.19. The van der Waals surface area contributed by atoms with Crippen molar-refractivity contribution in [2.24, 2.45) is 5.92 Å². The molecule has 1 atom stereocenters. The van der Waals surface area contributed by atoms with Crippen molar-refractivity contribution in [1.29, 1.82) is 0 Å². The summed E-state index contributed by atoms with van der Waals surface area (Å²) in [7, 11) is -3.97. The molecule has 0 spiro atoms. The van der Waals surface area contributed by atoms with Crippen molar-refractivity contribution in [2.45, 2.75) is 6.42 Å². The van der Waals surface area contributed by atoms with Crippen molar-refractivity contribution in [3.63, 3.8) is 0 Å². The highest BCUT2D eigenvalue weighted by atomic mass is 31.2. The van der Waals surface area contributed by atoms with Gasteiger partial charge >= 0.3 is 19.5 Å². The molecule has 0 saturated heterocycles. The van der Waals surface area contributed by atoms with E-state index in [1.54, 1.807) is 60.7 Å². The summed E-state index contributed by atoms with van der Waals surface area (Å²) in [6.07, 6.45) is -1.26. The Morgan fingerprint density at radius 2 is 1.32 bits per heavy atom. The highest BCUT2D eigenvalue weighted by Crippen LogP contribution is 2.50. The zero-order valence-corrected chi connectivity index (χ0v) is 14.0. The first-order valence-corrected chi connectivity index (χ1v) is 9.14. The molecule has 132 valence electrons. The number of carboxylic acids is 2. The summed E-state index contributed by atoms with van der Waals surface area (Å²) < 4.78 is 24.0. The second kappa shape index (κ2) is 8.35. The van der Waals surface area contributed by atoms with E-state index in [1.165, 1.54) is 0 Å². The van der Waals surface area contributed by atoms with Gasteiger partial charge in [0.25, 0.3) is 0 Å². The van der Waals surface area contributed by atoms with Gasteiger partial charge in [-0.25, -0.2) is 4.57 Å². The van der Waals surface area contributed by atoms with E-state index in [2.05, 4.69) is 0 Å². The first kappa shape index (κ1) is 18.5. The number of carboxylic acid groups (broad SMARTS) is 2. The van der Waals surface area contributed by atoms with E-state index in [0.717, 1.165) is 0 Å². The molecule has 2 N–H and O–H groups in total. The molecule has 0 bridgehead atoms. The maximum absolute atomic E-state index is 13.1. The fourth-order valence-electron chi connectivity index (χ4n) is 2.09. The van der Waals surface area contributed by atoms with Gasteiger partial charge in [0.1, 0.15) is 11.5 Å². The Hall–Kier alpha value is -2.79. The van der Waals surface area contributed by atoms with Crippen LogP contribution in [0.1, 0.15) is 6.42 Å². The zero-order chi connectivity index (χ0) is 18.3. The van der Waals surface area contributed by atoms with Crippen molar-refractivity contribution in [1.82, 2.24) is 0 Å². The van der Waals surface area contributed by atoms with Crippen LogP contribution in [-0.2, 0) is 14.2 Å². The lowest BCUT2D eigenvalue weighted by atomic mass is 10.1. The van der Waals surface area contributed by atoms with Gasteiger partial charge in [-0.3, -0.25) is 9.59 Å². The predicted octanol–water partition coefficient (Wildman–Crippen LogP) is 3.51. The van der Waals surface area contributed by atoms with Gasteiger partial charge in [-0.15, -0.1) is 0 Å². The van der Waals surface area contributed by atoms with Gasteiger partial charge in [-0.2, -0.15) is 0 Å². The summed E-state index contributed by atoms with van der Waals surface area (Å²) in [5, 5.41) is 18.1. The third-order valence-corrected chi connectivity index (χ3v) is 5.06. The van der Waals surface area contributed by atoms with Crippen LogP contribution < -0.4 is 9.05 Å². The lowest BCUT2D eigenvalue weighted by molar-refractivity contribution is -0.147. The standard InChI is InChI=1S/C17H17O7P/c18-16(19)11-13(17(20)21)12-25(22,23-14-7-3-1-4-8-14)24-15-9-5-2-6-10-15/h1-10,13H,11-12H2,(H,18,19)(H,20,21). The Labute approximate surface area is 144 Å².